The number of hydrogen-bond acceptors (Lipinski definition) is 5. The number of nitrogens with one attached hydrogen (secondary N) is 1. The number of aliphatic hydroxyl groups excluding tert-OH is 1. The zero-order chi connectivity index (χ0) is 14.9. The van der Waals surface area contributed by atoms with Gasteiger partial charge < -0.3 is 14.8 Å². The summed E-state index contributed by atoms with van der Waals surface area (Å²) >= 11 is 1.69. The molecule has 1 aromatic heterocycles. The molecule has 21 heavy (non-hydrogen) atoms. The molecule has 3 rings (SSSR count). The molecule has 0 aliphatic heterocycles. The second-order valence-electron chi connectivity index (χ2n) is 6.17. The van der Waals surface area contributed by atoms with Gasteiger partial charge in [-0.05, 0) is 31.4 Å². The van der Waals surface area contributed by atoms with Crippen molar-refractivity contribution < 1.29 is 9.52 Å². The van der Waals surface area contributed by atoms with Crippen molar-refractivity contribution >= 4 is 22.9 Å². The average molecular weight is 306 g/mol. The Hall–Kier alpha value is -1.04. The summed E-state index contributed by atoms with van der Waals surface area (Å²) in [6, 6.07) is 8.22. The number of hydrogen-bond donors (Lipinski definition) is 2. The van der Waals surface area contributed by atoms with Crippen LogP contribution < -0.4 is 5.32 Å². The summed E-state index contributed by atoms with van der Waals surface area (Å²) in [6.07, 6.45) is 3.02. The lowest BCUT2D eigenvalue weighted by Crippen LogP contribution is -2.49. The summed E-state index contributed by atoms with van der Waals surface area (Å²) in [5, 5.41) is 14.5. The number of aliphatic hydroxyl groups is 1. The molecule has 2 atom stereocenters. The quantitative estimate of drug-likeness (QED) is 0.888. The Bertz CT molecular complexity index is 580. The Morgan fingerprint density at radius 2 is 2.29 bits per heavy atom. The van der Waals surface area contributed by atoms with E-state index in [1.54, 1.807) is 11.8 Å². The Morgan fingerprint density at radius 1 is 1.48 bits per heavy atom. The molecule has 0 radical (unpaired) electrons. The lowest BCUT2D eigenvalue weighted by molar-refractivity contribution is 0.156. The van der Waals surface area contributed by atoms with Crippen LogP contribution in [0.1, 0.15) is 33.1 Å². The molecule has 4 nitrogen and oxygen atoms in total. The van der Waals surface area contributed by atoms with E-state index >= 15 is 0 Å². The van der Waals surface area contributed by atoms with Gasteiger partial charge in [-0.25, -0.2) is 4.98 Å². The molecular formula is C16H22N2O2S. The Morgan fingerprint density at radius 3 is 3.00 bits per heavy atom. The van der Waals surface area contributed by atoms with E-state index in [1.165, 1.54) is 0 Å². The maximum atomic E-state index is 9.75. The summed E-state index contributed by atoms with van der Waals surface area (Å²) in [5.74, 6) is 0. The molecule has 2 unspecified atom stereocenters. The van der Waals surface area contributed by atoms with Crippen molar-refractivity contribution in [2.24, 2.45) is 0 Å². The fraction of sp³-hybridized carbons (Fsp3) is 0.562. The zero-order valence-corrected chi connectivity index (χ0v) is 13.3. The third kappa shape index (κ3) is 3.25. The van der Waals surface area contributed by atoms with Crippen molar-refractivity contribution in [2.75, 3.05) is 6.61 Å². The van der Waals surface area contributed by atoms with Crippen LogP contribution in [0.4, 0.5) is 0 Å². The van der Waals surface area contributed by atoms with Gasteiger partial charge in [-0.1, -0.05) is 37.7 Å². The third-order valence-corrected chi connectivity index (χ3v) is 5.11. The van der Waals surface area contributed by atoms with Crippen molar-refractivity contribution in [3.05, 3.63) is 24.3 Å². The van der Waals surface area contributed by atoms with E-state index in [1.807, 2.05) is 24.3 Å². The molecule has 1 saturated carbocycles. The van der Waals surface area contributed by atoms with Crippen molar-refractivity contribution in [3.8, 4) is 0 Å². The number of rotatable bonds is 5. The SMILES string of the molecule is CC(C)NC1(CO)CCC(Sc2nc3ccccc3o2)C1. The van der Waals surface area contributed by atoms with Gasteiger partial charge in [0.1, 0.15) is 5.52 Å². The van der Waals surface area contributed by atoms with Gasteiger partial charge in [0, 0.05) is 16.8 Å². The number of benzene rings is 1. The van der Waals surface area contributed by atoms with Crippen LogP contribution >= 0.6 is 11.8 Å². The lowest BCUT2D eigenvalue weighted by Gasteiger charge is -2.30. The van der Waals surface area contributed by atoms with E-state index in [4.69, 9.17) is 4.42 Å². The fourth-order valence-corrected chi connectivity index (χ4v) is 4.37. The molecule has 114 valence electrons. The molecule has 1 fully saturated rings. The second kappa shape index (κ2) is 5.99. The molecule has 5 heteroatoms. The van der Waals surface area contributed by atoms with Gasteiger partial charge in [0.15, 0.2) is 5.58 Å². The molecule has 2 N–H and O–H groups in total. The summed E-state index contributed by atoms with van der Waals surface area (Å²) in [4.78, 5) is 4.52. The van der Waals surface area contributed by atoms with Crippen LogP contribution in [-0.4, -0.2) is 33.5 Å². The summed E-state index contributed by atoms with van der Waals surface area (Å²) in [7, 11) is 0. The topological polar surface area (TPSA) is 58.3 Å². The molecule has 1 aromatic carbocycles. The largest absolute Gasteiger partial charge is 0.431 e. The minimum absolute atomic E-state index is 0.141. The molecule has 2 aromatic rings. The number of aromatic nitrogens is 1. The Balaban J connectivity index is 1.68. The maximum absolute atomic E-state index is 9.75. The van der Waals surface area contributed by atoms with E-state index in [0.29, 0.717) is 11.3 Å². The first-order valence-electron chi connectivity index (χ1n) is 7.51. The van der Waals surface area contributed by atoms with E-state index in [2.05, 4.69) is 24.1 Å². The fourth-order valence-electron chi connectivity index (χ4n) is 3.15. The van der Waals surface area contributed by atoms with Crippen LogP contribution in [0.15, 0.2) is 33.9 Å². The predicted molar refractivity (Wildman–Crippen MR) is 85.6 cm³/mol. The van der Waals surface area contributed by atoms with Gasteiger partial charge >= 0.3 is 0 Å². The number of oxazole rings is 1. The number of thioether (sulfide) groups is 1. The van der Waals surface area contributed by atoms with Crippen LogP contribution in [0.3, 0.4) is 0 Å². The minimum Gasteiger partial charge on any atom is -0.431 e. The van der Waals surface area contributed by atoms with Crippen molar-refractivity contribution in [1.29, 1.82) is 0 Å². The van der Waals surface area contributed by atoms with Crippen LogP contribution in [0, 0.1) is 0 Å². The molecule has 0 saturated heterocycles. The molecule has 1 aliphatic carbocycles. The summed E-state index contributed by atoms with van der Waals surface area (Å²) in [6.45, 7) is 4.44. The Kier molecular flexibility index (Phi) is 4.24. The van der Waals surface area contributed by atoms with Gasteiger partial charge in [-0.3, -0.25) is 0 Å². The van der Waals surface area contributed by atoms with Crippen LogP contribution in [-0.2, 0) is 0 Å². The maximum Gasteiger partial charge on any atom is 0.257 e. The molecule has 1 heterocycles. The van der Waals surface area contributed by atoms with Crippen LogP contribution in [0.2, 0.25) is 0 Å². The molecule has 1 aliphatic rings. The van der Waals surface area contributed by atoms with Crippen LogP contribution in [0.5, 0.6) is 0 Å². The summed E-state index contributed by atoms with van der Waals surface area (Å²) in [5.41, 5.74) is 1.61. The monoisotopic (exact) mass is 306 g/mol. The highest BCUT2D eigenvalue weighted by molar-refractivity contribution is 7.99. The molecule has 0 spiro atoms. The lowest BCUT2D eigenvalue weighted by atomic mass is 9.98. The number of nitrogens with zero attached hydrogens (tertiary/aromatic N) is 1. The van der Waals surface area contributed by atoms with Crippen molar-refractivity contribution in [2.45, 2.75) is 55.2 Å². The van der Waals surface area contributed by atoms with E-state index in [9.17, 15) is 5.11 Å². The molecule has 0 amide bonds. The first kappa shape index (κ1) is 14.9. The number of fused-ring (bicyclic) bond motifs is 1. The molecular weight excluding hydrogens is 284 g/mol. The highest BCUT2D eigenvalue weighted by Gasteiger charge is 2.39. The smallest absolute Gasteiger partial charge is 0.257 e. The van der Waals surface area contributed by atoms with Gasteiger partial charge in [-0.2, -0.15) is 0 Å². The predicted octanol–water partition coefficient (Wildman–Crippen LogP) is 3.20. The van der Waals surface area contributed by atoms with Gasteiger partial charge in [-0.15, -0.1) is 0 Å². The van der Waals surface area contributed by atoms with E-state index in [0.717, 1.165) is 35.6 Å². The third-order valence-electron chi connectivity index (χ3n) is 4.00. The van der Waals surface area contributed by atoms with Gasteiger partial charge in [0.05, 0.1) is 6.61 Å². The molecule has 0 bridgehead atoms. The van der Waals surface area contributed by atoms with Crippen molar-refractivity contribution in [3.63, 3.8) is 0 Å². The Labute approximate surface area is 129 Å². The number of para-hydroxylation sites is 2. The van der Waals surface area contributed by atoms with Crippen LogP contribution in [0.25, 0.3) is 11.1 Å². The normalized spacial score (nSPS) is 26.0. The van der Waals surface area contributed by atoms with E-state index < -0.39 is 0 Å². The minimum atomic E-state index is -0.141. The summed E-state index contributed by atoms with van der Waals surface area (Å²) < 4.78 is 5.78. The first-order valence-corrected chi connectivity index (χ1v) is 8.39. The first-order chi connectivity index (χ1) is 10.1. The van der Waals surface area contributed by atoms with Gasteiger partial charge in [0.2, 0.25) is 0 Å². The second-order valence-corrected chi connectivity index (χ2v) is 7.42. The van der Waals surface area contributed by atoms with Gasteiger partial charge in [0.25, 0.3) is 5.22 Å². The highest BCUT2D eigenvalue weighted by Crippen LogP contribution is 2.40. The average Bonchev–Trinajstić information content (AvgIpc) is 3.02. The van der Waals surface area contributed by atoms with Crippen molar-refractivity contribution in [1.82, 2.24) is 10.3 Å². The van der Waals surface area contributed by atoms with E-state index in [-0.39, 0.29) is 12.1 Å². The zero-order valence-electron chi connectivity index (χ0n) is 12.5. The highest BCUT2D eigenvalue weighted by atomic mass is 32.2. The standard InChI is InChI=1S/C16H22N2O2S/c1-11(2)18-16(10-19)8-7-12(9-16)21-15-17-13-5-3-4-6-14(13)20-15/h3-6,11-12,18-19H,7-10H2,1-2H3.